The lowest BCUT2D eigenvalue weighted by Crippen LogP contribution is -2.43. The van der Waals surface area contributed by atoms with Gasteiger partial charge in [-0.25, -0.2) is 19.3 Å². The number of carbonyl (C=O) groups excluding carboxylic acids is 1. The van der Waals surface area contributed by atoms with Crippen LogP contribution in [0.4, 0.5) is 15.9 Å². The van der Waals surface area contributed by atoms with Crippen molar-refractivity contribution in [2.24, 2.45) is 0 Å². The molecule has 0 radical (unpaired) electrons. The Morgan fingerprint density at radius 1 is 1.17 bits per heavy atom. The van der Waals surface area contributed by atoms with Gasteiger partial charge in [0.25, 0.3) is 0 Å². The fourth-order valence-electron chi connectivity index (χ4n) is 4.85. The highest BCUT2D eigenvalue weighted by atomic mass is 19.1. The zero-order chi connectivity index (χ0) is 23.8. The summed E-state index contributed by atoms with van der Waals surface area (Å²) in [5.74, 6) is 0.411. The molecule has 9 nitrogen and oxygen atoms in total. The van der Waals surface area contributed by atoms with Gasteiger partial charge in [0.1, 0.15) is 24.2 Å². The summed E-state index contributed by atoms with van der Waals surface area (Å²) in [6, 6.07) is 8.84. The Balaban J connectivity index is 1.25. The lowest BCUT2D eigenvalue weighted by molar-refractivity contribution is -0.122. The van der Waals surface area contributed by atoms with Crippen LogP contribution in [0.1, 0.15) is 18.4 Å². The number of carbonyl (C=O) groups is 1. The smallest absolute Gasteiger partial charge is 0.241 e. The summed E-state index contributed by atoms with van der Waals surface area (Å²) in [6.45, 7) is 2.71. The molecular formula is C25H25FN8O. The first-order valence-electron chi connectivity index (χ1n) is 11.8. The van der Waals surface area contributed by atoms with Crippen LogP contribution in [-0.2, 0) is 17.8 Å². The summed E-state index contributed by atoms with van der Waals surface area (Å²) in [5.41, 5.74) is 4.81. The number of hydrogen-bond acceptors (Lipinski definition) is 7. The molecule has 2 aliphatic rings. The SMILES string of the molecule is O=C(Cn1cc(-c2ccc3ncnc(N4CCc5cc(F)ccc54)c3n2)cn1)NC1CCNCC1. The molecular weight excluding hydrogens is 447 g/mol. The van der Waals surface area contributed by atoms with Gasteiger partial charge in [-0.2, -0.15) is 5.10 Å². The molecule has 1 fully saturated rings. The molecule has 0 atom stereocenters. The highest BCUT2D eigenvalue weighted by molar-refractivity contribution is 5.90. The Bertz CT molecular complexity index is 1400. The van der Waals surface area contributed by atoms with Crippen molar-refractivity contribution in [2.45, 2.75) is 31.8 Å². The van der Waals surface area contributed by atoms with E-state index in [1.807, 2.05) is 18.3 Å². The molecule has 0 unspecified atom stereocenters. The van der Waals surface area contributed by atoms with Gasteiger partial charge in [0, 0.05) is 30.0 Å². The molecule has 1 amide bonds. The average Bonchev–Trinajstić information content (AvgIpc) is 3.50. The van der Waals surface area contributed by atoms with Crippen LogP contribution in [0.15, 0.2) is 49.1 Å². The molecule has 0 saturated carbocycles. The molecule has 35 heavy (non-hydrogen) atoms. The van der Waals surface area contributed by atoms with E-state index in [0.717, 1.165) is 60.4 Å². The van der Waals surface area contributed by atoms with Crippen LogP contribution in [0, 0.1) is 5.82 Å². The number of rotatable bonds is 5. The molecule has 10 heteroatoms. The van der Waals surface area contributed by atoms with E-state index in [2.05, 4.69) is 30.6 Å². The predicted octanol–water partition coefficient (Wildman–Crippen LogP) is 2.59. The van der Waals surface area contributed by atoms with Crippen molar-refractivity contribution in [3.63, 3.8) is 0 Å². The number of anilines is 2. The highest BCUT2D eigenvalue weighted by Gasteiger charge is 2.24. The van der Waals surface area contributed by atoms with Crippen LogP contribution in [0.25, 0.3) is 22.3 Å². The summed E-state index contributed by atoms with van der Waals surface area (Å²) in [6.07, 6.45) is 7.69. The van der Waals surface area contributed by atoms with Gasteiger partial charge in [-0.15, -0.1) is 0 Å². The van der Waals surface area contributed by atoms with E-state index in [-0.39, 0.29) is 24.3 Å². The predicted molar refractivity (Wildman–Crippen MR) is 130 cm³/mol. The van der Waals surface area contributed by atoms with Gasteiger partial charge in [-0.05, 0) is 68.2 Å². The molecule has 0 spiro atoms. The fraction of sp³-hybridized carbons (Fsp3) is 0.320. The monoisotopic (exact) mass is 472 g/mol. The minimum absolute atomic E-state index is 0.0437. The van der Waals surface area contributed by atoms with Crippen LogP contribution >= 0.6 is 0 Å². The quantitative estimate of drug-likeness (QED) is 0.460. The molecule has 4 aromatic rings. The molecule has 3 aromatic heterocycles. The number of hydrogen-bond donors (Lipinski definition) is 2. The first-order chi connectivity index (χ1) is 17.1. The van der Waals surface area contributed by atoms with E-state index in [1.165, 1.54) is 12.4 Å². The van der Waals surface area contributed by atoms with E-state index < -0.39 is 0 Å². The first kappa shape index (κ1) is 21.6. The lowest BCUT2D eigenvalue weighted by Gasteiger charge is -2.23. The maximum absolute atomic E-state index is 13.7. The molecule has 1 aromatic carbocycles. The van der Waals surface area contributed by atoms with Crippen molar-refractivity contribution in [1.29, 1.82) is 0 Å². The minimum atomic E-state index is -0.236. The fourth-order valence-corrected chi connectivity index (χ4v) is 4.85. The molecule has 2 aliphatic heterocycles. The Morgan fingerprint density at radius 3 is 2.94 bits per heavy atom. The van der Waals surface area contributed by atoms with Crippen LogP contribution < -0.4 is 15.5 Å². The maximum atomic E-state index is 13.7. The van der Waals surface area contributed by atoms with Crippen molar-refractivity contribution in [2.75, 3.05) is 24.5 Å². The number of benzene rings is 1. The van der Waals surface area contributed by atoms with Crippen LogP contribution in [0.5, 0.6) is 0 Å². The Kier molecular flexibility index (Phi) is 5.57. The van der Waals surface area contributed by atoms with Gasteiger partial charge in [0.15, 0.2) is 5.82 Å². The standard InChI is InChI=1S/C25H25FN8O/c26-18-1-4-22-16(11-18)7-10-34(22)25-24-21(28-15-29-25)3-2-20(32-24)17-12-30-33(13-17)14-23(35)31-19-5-8-27-9-6-19/h1-4,11-13,15,19,27H,5-10,14H2,(H,31,35). The van der Waals surface area contributed by atoms with Crippen LogP contribution in [0.3, 0.4) is 0 Å². The maximum Gasteiger partial charge on any atom is 0.241 e. The third kappa shape index (κ3) is 4.32. The molecule has 5 heterocycles. The first-order valence-corrected chi connectivity index (χ1v) is 11.8. The Hall–Kier alpha value is -3.92. The average molecular weight is 473 g/mol. The van der Waals surface area contributed by atoms with Crippen LogP contribution in [-0.4, -0.2) is 56.3 Å². The summed E-state index contributed by atoms with van der Waals surface area (Å²) in [5, 5.41) is 10.8. The van der Waals surface area contributed by atoms with Crippen molar-refractivity contribution in [3.05, 3.63) is 60.4 Å². The number of halogens is 1. The second-order valence-electron chi connectivity index (χ2n) is 8.95. The number of piperidine rings is 1. The second kappa shape index (κ2) is 9.03. The van der Waals surface area contributed by atoms with Gasteiger partial charge in [0.2, 0.25) is 5.91 Å². The van der Waals surface area contributed by atoms with E-state index in [0.29, 0.717) is 17.9 Å². The normalized spacial score (nSPS) is 16.0. The van der Waals surface area contributed by atoms with Gasteiger partial charge < -0.3 is 15.5 Å². The molecule has 178 valence electrons. The van der Waals surface area contributed by atoms with E-state index in [1.54, 1.807) is 23.0 Å². The van der Waals surface area contributed by atoms with Crippen molar-refractivity contribution in [1.82, 2.24) is 35.4 Å². The number of nitrogens with one attached hydrogen (secondary N) is 2. The zero-order valence-electron chi connectivity index (χ0n) is 19.1. The van der Waals surface area contributed by atoms with E-state index in [4.69, 9.17) is 4.98 Å². The largest absolute Gasteiger partial charge is 0.352 e. The highest BCUT2D eigenvalue weighted by Crippen LogP contribution is 2.36. The van der Waals surface area contributed by atoms with Crippen molar-refractivity contribution >= 4 is 28.4 Å². The minimum Gasteiger partial charge on any atom is -0.352 e. The van der Waals surface area contributed by atoms with Gasteiger partial charge in [-0.3, -0.25) is 9.48 Å². The lowest BCUT2D eigenvalue weighted by atomic mass is 10.1. The van der Waals surface area contributed by atoms with Gasteiger partial charge in [0.05, 0.1) is 17.4 Å². The van der Waals surface area contributed by atoms with Gasteiger partial charge in [-0.1, -0.05) is 0 Å². The third-order valence-electron chi connectivity index (χ3n) is 6.59. The topological polar surface area (TPSA) is 101 Å². The molecule has 1 saturated heterocycles. The zero-order valence-corrected chi connectivity index (χ0v) is 19.1. The summed E-state index contributed by atoms with van der Waals surface area (Å²) in [4.78, 5) is 28.3. The van der Waals surface area contributed by atoms with Crippen LogP contribution in [0.2, 0.25) is 0 Å². The van der Waals surface area contributed by atoms with Crippen molar-refractivity contribution < 1.29 is 9.18 Å². The van der Waals surface area contributed by atoms with E-state index >= 15 is 0 Å². The molecule has 0 aliphatic carbocycles. The Morgan fingerprint density at radius 2 is 2.06 bits per heavy atom. The van der Waals surface area contributed by atoms with Crippen molar-refractivity contribution in [3.8, 4) is 11.3 Å². The second-order valence-corrected chi connectivity index (χ2v) is 8.95. The number of nitrogens with zero attached hydrogens (tertiary/aromatic N) is 6. The number of aromatic nitrogens is 5. The summed E-state index contributed by atoms with van der Waals surface area (Å²) in [7, 11) is 0. The summed E-state index contributed by atoms with van der Waals surface area (Å²) < 4.78 is 15.3. The van der Waals surface area contributed by atoms with E-state index in [9.17, 15) is 9.18 Å². The number of pyridine rings is 1. The van der Waals surface area contributed by atoms with Gasteiger partial charge >= 0.3 is 0 Å². The number of amides is 1. The summed E-state index contributed by atoms with van der Waals surface area (Å²) >= 11 is 0. The molecule has 6 rings (SSSR count). The number of fused-ring (bicyclic) bond motifs is 2. The Labute approximate surface area is 201 Å². The molecule has 2 N–H and O–H groups in total. The molecule has 0 bridgehead atoms. The third-order valence-corrected chi connectivity index (χ3v) is 6.59.